The summed E-state index contributed by atoms with van der Waals surface area (Å²) in [7, 11) is 0. The summed E-state index contributed by atoms with van der Waals surface area (Å²) in [6.45, 7) is 6.59. The van der Waals surface area contributed by atoms with E-state index in [0.717, 1.165) is 11.3 Å². The zero-order valence-electron chi connectivity index (χ0n) is 12.3. The lowest BCUT2D eigenvalue weighted by molar-refractivity contribution is 0.0517. The van der Waals surface area contributed by atoms with Gasteiger partial charge in [-0.2, -0.15) is 0 Å². The number of esters is 1. The quantitative estimate of drug-likeness (QED) is 0.795. The van der Waals surface area contributed by atoms with E-state index in [0.29, 0.717) is 18.2 Å². The Balaban J connectivity index is 2.34. The number of hydrogen-bond acceptors (Lipinski definition) is 4. The maximum atomic E-state index is 11.9. The Morgan fingerprint density at radius 1 is 1.43 bits per heavy atom. The highest BCUT2D eigenvalue weighted by Gasteiger charge is 2.23. The van der Waals surface area contributed by atoms with Gasteiger partial charge in [-0.1, -0.05) is 42.8 Å². The monoisotopic (exact) mass is 307 g/mol. The average molecular weight is 308 g/mol. The smallest absolute Gasteiger partial charge is 0.360 e. The zero-order valence-corrected chi connectivity index (χ0v) is 13.1. The van der Waals surface area contributed by atoms with Gasteiger partial charge in [0.05, 0.1) is 18.8 Å². The molecule has 0 unspecified atom stereocenters. The van der Waals surface area contributed by atoms with E-state index >= 15 is 0 Å². The summed E-state index contributed by atoms with van der Waals surface area (Å²) in [5.74, 6) is -0.322. The van der Waals surface area contributed by atoms with E-state index in [2.05, 4.69) is 10.3 Å². The number of nitrogens with zero attached hydrogens (tertiary/aromatic N) is 3. The minimum absolute atomic E-state index is 0.110. The van der Waals surface area contributed by atoms with E-state index in [-0.39, 0.29) is 11.6 Å². The van der Waals surface area contributed by atoms with Crippen molar-refractivity contribution in [2.75, 3.05) is 6.61 Å². The molecule has 0 aliphatic carbocycles. The van der Waals surface area contributed by atoms with Gasteiger partial charge < -0.3 is 4.74 Å². The topological polar surface area (TPSA) is 57.0 Å². The van der Waals surface area contributed by atoms with Crippen LogP contribution >= 0.6 is 11.6 Å². The third kappa shape index (κ3) is 3.61. The van der Waals surface area contributed by atoms with Crippen molar-refractivity contribution in [1.82, 2.24) is 15.0 Å². The summed E-state index contributed by atoms with van der Waals surface area (Å²) >= 11 is 5.99. The highest BCUT2D eigenvalue weighted by Crippen LogP contribution is 2.20. The second kappa shape index (κ2) is 6.72. The number of benzene rings is 1. The van der Waals surface area contributed by atoms with E-state index < -0.39 is 5.97 Å². The summed E-state index contributed by atoms with van der Waals surface area (Å²) in [5, 5.41) is 8.74. The van der Waals surface area contributed by atoms with Crippen molar-refractivity contribution in [1.29, 1.82) is 0 Å². The van der Waals surface area contributed by atoms with Crippen molar-refractivity contribution in [3.05, 3.63) is 46.2 Å². The van der Waals surface area contributed by atoms with Crippen LogP contribution < -0.4 is 0 Å². The van der Waals surface area contributed by atoms with Gasteiger partial charge in [-0.25, -0.2) is 9.48 Å². The summed E-state index contributed by atoms with van der Waals surface area (Å²) in [6, 6.07) is 7.54. The van der Waals surface area contributed by atoms with Crippen LogP contribution in [-0.2, 0) is 11.3 Å². The molecule has 0 fully saturated rings. The predicted molar refractivity (Wildman–Crippen MR) is 80.6 cm³/mol. The number of ether oxygens (including phenoxy) is 1. The van der Waals surface area contributed by atoms with Crippen LogP contribution in [0.1, 0.15) is 48.4 Å². The van der Waals surface area contributed by atoms with Gasteiger partial charge in [0.1, 0.15) is 0 Å². The first-order chi connectivity index (χ1) is 10.0. The molecule has 0 aliphatic heterocycles. The van der Waals surface area contributed by atoms with Crippen LogP contribution in [0.25, 0.3) is 0 Å². The molecule has 0 saturated heterocycles. The van der Waals surface area contributed by atoms with Crippen molar-refractivity contribution in [2.24, 2.45) is 0 Å². The van der Waals surface area contributed by atoms with Gasteiger partial charge in [-0.15, -0.1) is 5.10 Å². The third-order valence-electron chi connectivity index (χ3n) is 3.01. The SMILES string of the molecule is CCOC(=O)c1nnn(Cc2cccc(Cl)c2)c1C(C)C. The van der Waals surface area contributed by atoms with Gasteiger partial charge in [0.15, 0.2) is 5.69 Å². The first kappa shape index (κ1) is 15.5. The molecule has 0 amide bonds. The van der Waals surface area contributed by atoms with Gasteiger partial charge in [0.25, 0.3) is 0 Å². The Morgan fingerprint density at radius 3 is 2.81 bits per heavy atom. The molecular formula is C15H18ClN3O2. The molecule has 5 nitrogen and oxygen atoms in total. The van der Waals surface area contributed by atoms with Gasteiger partial charge in [-0.05, 0) is 30.5 Å². The minimum atomic E-state index is -0.432. The fourth-order valence-corrected chi connectivity index (χ4v) is 2.37. The van der Waals surface area contributed by atoms with E-state index in [1.807, 2.05) is 38.1 Å². The van der Waals surface area contributed by atoms with Crippen molar-refractivity contribution in [3.8, 4) is 0 Å². The Morgan fingerprint density at radius 2 is 2.19 bits per heavy atom. The largest absolute Gasteiger partial charge is 0.461 e. The molecule has 0 saturated carbocycles. The first-order valence-corrected chi connectivity index (χ1v) is 7.25. The molecule has 0 bridgehead atoms. The summed E-state index contributed by atoms with van der Waals surface area (Å²) in [4.78, 5) is 11.9. The van der Waals surface area contributed by atoms with Crippen molar-refractivity contribution >= 4 is 17.6 Å². The van der Waals surface area contributed by atoms with Gasteiger partial charge in [0, 0.05) is 5.02 Å². The second-order valence-electron chi connectivity index (χ2n) is 4.99. The van der Waals surface area contributed by atoms with E-state index in [1.54, 1.807) is 11.6 Å². The predicted octanol–water partition coefficient (Wildman–Crippen LogP) is 3.28. The molecule has 0 spiro atoms. The lowest BCUT2D eigenvalue weighted by Gasteiger charge is -2.11. The highest BCUT2D eigenvalue weighted by atomic mass is 35.5. The molecule has 21 heavy (non-hydrogen) atoms. The molecule has 6 heteroatoms. The van der Waals surface area contributed by atoms with E-state index in [9.17, 15) is 4.79 Å². The molecule has 0 atom stereocenters. The van der Waals surface area contributed by atoms with Crippen molar-refractivity contribution in [2.45, 2.75) is 33.2 Å². The van der Waals surface area contributed by atoms with E-state index in [1.165, 1.54) is 0 Å². The van der Waals surface area contributed by atoms with Crippen LogP contribution in [0.15, 0.2) is 24.3 Å². The standard InChI is InChI=1S/C15H18ClN3O2/c1-4-21-15(20)13-14(10(2)3)19(18-17-13)9-11-6-5-7-12(16)8-11/h5-8,10H,4,9H2,1-3H3. The molecule has 1 aromatic carbocycles. The number of hydrogen-bond donors (Lipinski definition) is 0. The Kier molecular flexibility index (Phi) is 4.96. The number of carbonyl (C=O) groups excluding carboxylic acids is 1. The molecule has 1 aromatic heterocycles. The lowest BCUT2D eigenvalue weighted by Crippen LogP contribution is -2.13. The molecular weight excluding hydrogens is 290 g/mol. The number of aromatic nitrogens is 3. The van der Waals surface area contributed by atoms with Crippen LogP contribution in [0, 0.1) is 0 Å². The third-order valence-corrected chi connectivity index (χ3v) is 3.25. The summed E-state index contributed by atoms with van der Waals surface area (Å²) < 4.78 is 6.75. The van der Waals surface area contributed by atoms with Crippen LogP contribution in [0.4, 0.5) is 0 Å². The normalized spacial score (nSPS) is 10.9. The minimum Gasteiger partial charge on any atom is -0.461 e. The number of carbonyl (C=O) groups is 1. The van der Waals surface area contributed by atoms with Gasteiger partial charge >= 0.3 is 5.97 Å². The van der Waals surface area contributed by atoms with Crippen molar-refractivity contribution < 1.29 is 9.53 Å². The maximum Gasteiger partial charge on any atom is 0.360 e. The van der Waals surface area contributed by atoms with Crippen molar-refractivity contribution in [3.63, 3.8) is 0 Å². The fourth-order valence-electron chi connectivity index (χ4n) is 2.16. The van der Waals surface area contributed by atoms with Crippen LogP contribution in [0.2, 0.25) is 5.02 Å². The second-order valence-corrected chi connectivity index (χ2v) is 5.42. The number of rotatable bonds is 5. The highest BCUT2D eigenvalue weighted by molar-refractivity contribution is 6.30. The molecule has 1 heterocycles. The first-order valence-electron chi connectivity index (χ1n) is 6.87. The molecule has 112 valence electrons. The molecule has 0 N–H and O–H groups in total. The fraction of sp³-hybridized carbons (Fsp3) is 0.400. The van der Waals surface area contributed by atoms with Crippen LogP contribution in [-0.4, -0.2) is 27.6 Å². The maximum absolute atomic E-state index is 11.9. The molecule has 2 rings (SSSR count). The van der Waals surface area contributed by atoms with Crippen LogP contribution in [0.3, 0.4) is 0 Å². The van der Waals surface area contributed by atoms with Gasteiger partial charge in [-0.3, -0.25) is 0 Å². The lowest BCUT2D eigenvalue weighted by atomic mass is 10.1. The Hall–Kier alpha value is -1.88. The molecule has 0 radical (unpaired) electrons. The van der Waals surface area contributed by atoms with Crippen LogP contribution in [0.5, 0.6) is 0 Å². The van der Waals surface area contributed by atoms with E-state index in [4.69, 9.17) is 16.3 Å². The Bertz CT molecular complexity index is 638. The molecule has 0 aliphatic rings. The average Bonchev–Trinajstić information content (AvgIpc) is 2.83. The Labute approximate surface area is 128 Å². The number of halogens is 1. The molecule has 2 aromatic rings. The zero-order chi connectivity index (χ0) is 15.4. The van der Waals surface area contributed by atoms with Gasteiger partial charge in [0.2, 0.25) is 0 Å². The summed E-state index contributed by atoms with van der Waals surface area (Å²) in [5.41, 5.74) is 2.06. The summed E-state index contributed by atoms with van der Waals surface area (Å²) in [6.07, 6.45) is 0.